The summed E-state index contributed by atoms with van der Waals surface area (Å²) in [5.74, 6) is -1.70. The van der Waals surface area contributed by atoms with Gasteiger partial charge in [-0.1, -0.05) is 6.92 Å². The molecule has 1 atom stereocenters. The van der Waals surface area contributed by atoms with Crippen LogP contribution in [0.15, 0.2) is 4.99 Å². The number of carboxylic acids is 2. The number of carbonyl (C=O) groups is 2. The molecule has 0 aliphatic rings. The Morgan fingerprint density at radius 2 is 1.83 bits per heavy atom. The Bertz CT molecular complexity index is 277. The molecule has 8 nitrogen and oxygen atoms in total. The van der Waals surface area contributed by atoms with Crippen LogP contribution in [0.5, 0.6) is 0 Å². The molecule has 106 valence electrons. The van der Waals surface area contributed by atoms with Crippen LogP contribution < -0.4 is 17.2 Å². The molecule has 0 aliphatic heterocycles. The van der Waals surface area contributed by atoms with Crippen molar-refractivity contribution in [3.05, 3.63) is 0 Å². The first-order valence-corrected chi connectivity index (χ1v) is 5.56. The first kappa shape index (κ1) is 18.5. The van der Waals surface area contributed by atoms with Crippen molar-refractivity contribution >= 4 is 17.9 Å². The fourth-order valence-corrected chi connectivity index (χ4v) is 0.857. The third-order valence-corrected chi connectivity index (χ3v) is 1.75. The largest absolute Gasteiger partial charge is 0.481 e. The molecule has 0 aromatic rings. The average Bonchev–Trinajstić information content (AvgIpc) is 2.24. The van der Waals surface area contributed by atoms with Gasteiger partial charge in [0.25, 0.3) is 0 Å². The summed E-state index contributed by atoms with van der Waals surface area (Å²) in [6, 6.07) is -0.820. The van der Waals surface area contributed by atoms with Crippen molar-refractivity contribution in [1.82, 2.24) is 0 Å². The molecule has 18 heavy (non-hydrogen) atoms. The smallest absolute Gasteiger partial charge is 0.320 e. The minimum absolute atomic E-state index is 0.0129. The van der Waals surface area contributed by atoms with Gasteiger partial charge < -0.3 is 27.4 Å². The lowest BCUT2D eigenvalue weighted by Crippen LogP contribution is -2.30. The van der Waals surface area contributed by atoms with Crippen molar-refractivity contribution in [2.24, 2.45) is 22.2 Å². The molecule has 0 bridgehead atoms. The first-order valence-electron chi connectivity index (χ1n) is 5.56. The number of hydrogen-bond donors (Lipinski definition) is 5. The van der Waals surface area contributed by atoms with Crippen LogP contribution in [-0.2, 0) is 9.59 Å². The average molecular weight is 262 g/mol. The zero-order chi connectivity index (χ0) is 14.6. The summed E-state index contributed by atoms with van der Waals surface area (Å²) in [6.45, 7) is 2.26. The summed E-state index contributed by atoms with van der Waals surface area (Å²) in [5, 5.41) is 16.3. The van der Waals surface area contributed by atoms with Crippen molar-refractivity contribution in [3.8, 4) is 0 Å². The van der Waals surface area contributed by atoms with E-state index in [1.807, 2.05) is 6.92 Å². The van der Waals surface area contributed by atoms with Gasteiger partial charge in [-0.25, -0.2) is 0 Å². The monoisotopic (exact) mass is 262 g/mol. The van der Waals surface area contributed by atoms with Crippen LogP contribution in [0, 0.1) is 0 Å². The summed E-state index contributed by atoms with van der Waals surface area (Å²) in [7, 11) is 0. The number of nitrogens with zero attached hydrogens (tertiary/aromatic N) is 1. The summed E-state index contributed by atoms with van der Waals surface area (Å²) in [4.78, 5) is 23.5. The van der Waals surface area contributed by atoms with Crippen LogP contribution in [0.25, 0.3) is 0 Å². The highest BCUT2D eigenvalue weighted by molar-refractivity contribution is 5.75. The molecule has 0 saturated heterocycles. The van der Waals surface area contributed by atoms with Crippen LogP contribution in [0.1, 0.15) is 32.6 Å². The lowest BCUT2D eigenvalue weighted by atomic mass is 10.2. The van der Waals surface area contributed by atoms with Gasteiger partial charge in [0.15, 0.2) is 5.96 Å². The van der Waals surface area contributed by atoms with E-state index in [-0.39, 0.29) is 5.96 Å². The number of aliphatic carboxylic acids is 2. The molecular formula is C10H22N4O4. The van der Waals surface area contributed by atoms with E-state index in [2.05, 4.69) is 4.99 Å². The molecule has 0 amide bonds. The number of rotatable bonds is 7. The highest BCUT2D eigenvalue weighted by atomic mass is 16.4. The third kappa shape index (κ3) is 16.6. The van der Waals surface area contributed by atoms with Crippen LogP contribution in [-0.4, -0.2) is 40.7 Å². The standard InChI is InChI=1S/C6H14N4O2.C4H8O2/c7-4(5(11)12)2-1-3-10-6(8)9;1-2-3-4(5)6/h4H,1-3,7H2,(H,11,12)(H4,8,9,10);2-3H2,1H3,(H,5,6). The van der Waals surface area contributed by atoms with E-state index < -0.39 is 18.0 Å². The Kier molecular flexibility index (Phi) is 12.0. The van der Waals surface area contributed by atoms with Gasteiger partial charge in [0.1, 0.15) is 6.04 Å². The van der Waals surface area contributed by atoms with Crippen molar-refractivity contribution < 1.29 is 19.8 Å². The lowest BCUT2D eigenvalue weighted by Gasteiger charge is -2.03. The summed E-state index contributed by atoms with van der Waals surface area (Å²) < 4.78 is 0. The number of carboxylic acid groups (broad SMARTS) is 2. The molecule has 0 heterocycles. The minimum Gasteiger partial charge on any atom is -0.481 e. The first-order chi connectivity index (χ1) is 8.31. The van der Waals surface area contributed by atoms with E-state index in [1.54, 1.807) is 0 Å². The van der Waals surface area contributed by atoms with Crippen molar-refractivity contribution in [2.75, 3.05) is 6.54 Å². The van der Waals surface area contributed by atoms with Gasteiger partial charge in [-0.15, -0.1) is 0 Å². The fourth-order valence-electron chi connectivity index (χ4n) is 0.857. The Morgan fingerprint density at radius 1 is 1.28 bits per heavy atom. The Labute approximate surface area is 106 Å². The Morgan fingerprint density at radius 3 is 2.11 bits per heavy atom. The molecule has 0 aromatic heterocycles. The Hall–Kier alpha value is -1.83. The molecule has 1 unspecified atom stereocenters. The van der Waals surface area contributed by atoms with E-state index in [1.165, 1.54) is 0 Å². The van der Waals surface area contributed by atoms with Crippen LogP contribution in [0.2, 0.25) is 0 Å². The molecule has 8 heteroatoms. The SMILES string of the molecule is CCCC(=O)O.NC(N)=NCCCC(N)C(=O)O. The fraction of sp³-hybridized carbons (Fsp3) is 0.700. The van der Waals surface area contributed by atoms with Crippen molar-refractivity contribution in [3.63, 3.8) is 0 Å². The van der Waals surface area contributed by atoms with Gasteiger partial charge in [-0.05, 0) is 19.3 Å². The van der Waals surface area contributed by atoms with Gasteiger partial charge in [-0.2, -0.15) is 0 Å². The predicted octanol–water partition coefficient (Wildman–Crippen LogP) is -0.677. The quantitative estimate of drug-likeness (QED) is 0.230. The van der Waals surface area contributed by atoms with Crippen LogP contribution >= 0.6 is 0 Å². The van der Waals surface area contributed by atoms with Gasteiger partial charge in [-0.3, -0.25) is 14.6 Å². The topological polar surface area (TPSA) is 165 Å². The van der Waals surface area contributed by atoms with E-state index in [9.17, 15) is 9.59 Å². The second-order valence-electron chi connectivity index (χ2n) is 3.54. The normalized spacial score (nSPS) is 10.8. The van der Waals surface area contributed by atoms with E-state index in [0.717, 1.165) is 6.42 Å². The van der Waals surface area contributed by atoms with Gasteiger partial charge in [0.05, 0.1) is 0 Å². The zero-order valence-electron chi connectivity index (χ0n) is 10.5. The predicted molar refractivity (Wildman–Crippen MR) is 68.1 cm³/mol. The summed E-state index contributed by atoms with van der Waals surface area (Å²) in [5.41, 5.74) is 15.3. The van der Waals surface area contributed by atoms with Gasteiger partial charge >= 0.3 is 11.9 Å². The van der Waals surface area contributed by atoms with Crippen LogP contribution in [0.4, 0.5) is 0 Å². The molecule has 0 aliphatic carbocycles. The maximum atomic E-state index is 10.2. The van der Waals surface area contributed by atoms with Gasteiger partial charge in [0, 0.05) is 13.0 Å². The number of aliphatic imine (C=N–C) groups is 1. The number of hydrogen-bond acceptors (Lipinski definition) is 4. The molecule has 8 N–H and O–H groups in total. The molecule has 0 radical (unpaired) electrons. The van der Waals surface area contributed by atoms with Gasteiger partial charge in [0.2, 0.25) is 0 Å². The maximum Gasteiger partial charge on any atom is 0.320 e. The van der Waals surface area contributed by atoms with E-state index in [4.69, 9.17) is 27.4 Å². The third-order valence-electron chi connectivity index (χ3n) is 1.75. The van der Waals surface area contributed by atoms with E-state index in [0.29, 0.717) is 25.8 Å². The summed E-state index contributed by atoms with van der Waals surface area (Å²) in [6.07, 6.45) is 1.98. The molecule has 0 saturated carbocycles. The van der Waals surface area contributed by atoms with E-state index >= 15 is 0 Å². The summed E-state index contributed by atoms with van der Waals surface area (Å²) >= 11 is 0. The Balaban J connectivity index is 0. The highest BCUT2D eigenvalue weighted by Gasteiger charge is 2.09. The molecule has 0 aromatic carbocycles. The van der Waals surface area contributed by atoms with Crippen LogP contribution in [0.3, 0.4) is 0 Å². The zero-order valence-corrected chi connectivity index (χ0v) is 10.5. The second kappa shape index (κ2) is 11.6. The van der Waals surface area contributed by atoms with Crippen molar-refractivity contribution in [2.45, 2.75) is 38.6 Å². The number of guanidine groups is 1. The lowest BCUT2D eigenvalue weighted by molar-refractivity contribution is -0.139. The molecule has 0 fully saturated rings. The number of nitrogens with two attached hydrogens (primary N) is 3. The maximum absolute atomic E-state index is 10.2. The molecular weight excluding hydrogens is 240 g/mol. The second-order valence-corrected chi connectivity index (χ2v) is 3.54. The minimum atomic E-state index is -1.00. The van der Waals surface area contributed by atoms with Crippen molar-refractivity contribution in [1.29, 1.82) is 0 Å². The highest BCUT2D eigenvalue weighted by Crippen LogP contribution is 1.94. The molecule has 0 rings (SSSR count). The molecule has 0 spiro atoms.